The first-order valence-electron chi connectivity index (χ1n) is 6.16. The molecule has 0 aromatic heterocycles. The second-order valence-electron chi connectivity index (χ2n) is 4.61. The maximum atomic E-state index is 12.2. The minimum absolute atomic E-state index is 0.0543. The summed E-state index contributed by atoms with van der Waals surface area (Å²) in [6.45, 7) is 7.81. The van der Waals surface area contributed by atoms with Crippen molar-refractivity contribution in [2.45, 2.75) is 46.1 Å². The topological polar surface area (TPSA) is 46.3 Å². The maximum absolute atomic E-state index is 12.2. The van der Waals surface area contributed by atoms with Gasteiger partial charge in [-0.2, -0.15) is 0 Å². The van der Waals surface area contributed by atoms with Crippen molar-refractivity contribution in [3.63, 3.8) is 0 Å². The first kappa shape index (κ1) is 12.5. The van der Waals surface area contributed by atoms with Gasteiger partial charge in [-0.1, -0.05) is 13.3 Å². The van der Waals surface area contributed by atoms with Gasteiger partial charge >= 0.3 is 0 Å². The molecule has 15 heavy (non-hydrogen) atoms. The van der Waals surface area contributed by atoms with Gasteiger partial charge in [-0.3, -0.25) is 4.79 Å². The second-order valence-corrected chi connectivity index (χ2v) is 4.61. The van der Waals surface area contributed by atoms with Gasteiger partial charge in [0.2, 0.25) is 5.91 Å². The van der Waals surface area contributed by atoms with E-state index in [0.717, 1.165) is 25.9 Å². The lowest BCUT2D eigenvalue weighted by Crippen LogP contribution is -2.48. The molecule has 88 valence electrons. The van der Waals surface area contributed by atoms with Crippen LogP contribution in [-0.2, 0) is 4.79 Å². The Bertz CT molecular complexity index is 204. The van der Waals surface area contributed by atoms with Crippen molar-refractivity contribution in [3.05, 3.63) is 0 Å². The highest BCUT2D eigenvalue weighted by atomic mass is 16.2. The largest absolute Gasteiger partial charge is 0.343 e. The summed E-state index contributed by atoms with van der Waals surface area (Å²) in [6.07, 6.45) is 3.32. The Balaban J connectivity index is 2.70. The summed E-state index contributed by atoms with van der Waals surface area (Å²) in [4.78, 5) is 14.1. The number of carbonyl (C=O) groups is 1. The number of hydrogen-bond donors (Lipinski definition) is 1. The van der Waals surface area contributed by atoms with E-state index in [2.05, 4.69) is 6.92 Å². The number of carbonyl (C=O) groups excluding carboxylic acids is 1. The van der Waals surface area contributed by atoms with Crippen LogP contribution in [0.2, 0.25) is 0 Å². The summed E-state index contributed by atoms with van der Waals surface area (Å²) in [6, 6.07) is 0.0712. The van der Waals surface area contributed by atoms with Crippen LogP contribution < -0.4 is 5.73 Å². The van der Waals surface area contributed by atoms with Crippen molar-refractivity contribution in [3.8, 4) is 0 Å². The summed E-state index contributed by atoms with van der Waals surface area (Å²) >= 11 is 0. The summed E-state index contributed by atoms with van der Waals surface area (Å²) < 4.78 is 0. The predicted molar refractivity (Wildman–Crippen MR) is 62.4 cm³/mol. The van der Waals surface area contributed by atoms with E-state index in [0.29, 0.717) is 5.92 Å². The number of amides is 1. The van der Waals surface area contributed by atoms with Crippen LogP contribution in [0, 0.1) is 11.8 Å². The van der Waals surface area contributed by atoms with E-state index in [-0.39, 0.29) is 17.9 Å². The van der Waals surface area contributed by atoms with Gasteiger partial charge in [-0.05, 0) is 32.6 Å². The van der Waals surface area contributed by atoms with Gasteiger partial charge in [0.1, 0.15) is 0 Å². The molecule has 0 saturated heterocycles. The van der Waals surface area contributed by atoms with Crippen molar-refractivity contribution < 1.29 is 4.79 Å². The number of hydrogen-bond acceptors (Lipinski definition) is 2. The Labute approximate surface area is 93.0 Å². The SMILES string of the molecule is CCN(CC)C(=O)C1C(C)CCCC1N. The van der Waals surface area contributed by atoms with Crippen LogP contribution in [0.15, 0.2) is 0 Å². The minimum atomic E-state index is 0.0543. The van der Waals surface area contributed by atoms with Gasteiger partial charge in [-0.25, -0.2) is 0 Å². The standard InChI is InChI=1S/C12H24N2O/c1-4-14(5-2)12(15)11-9(3)7-6-8-10(11)13/h9-11H,4-8,13H2,1-3H3. The third-order valence-corrected chi connectivity index (χ3v) is 3.63. The van der Waals surface area contributed by atoms with Gasteiger partial charge in [0, 0.05) is 19.1 Å². The summed E-state index contributed by atoms with van der Waals surface area (Å²) in [7, 11) is 0. The number of nitrogens with two attached hydrogens (primary N) is 1. The lowest BCUT2D eigenvalue weighted by Gasteiger charge is -2.36. The molecule has 0 aromatic carbocycles. The zero-order chi connectivity index (χ0) is 11.4. The lowest BCUT2D eigenvalue weighted by molar-refractivity contribution is -0.138. The second kappa shape index (κ2) is 5.50. The Morgan fingerprint density at radius 3 is 2.40 bits per heavy atom. The van der Waals surface area contributed by atoms with E-state index >= 15 is 0 Å². The van der Waals surface area contributed by atoms with E-state index in [9.17, 15) is 4.79 Å². The van der Waals surface area contributed by atoms with Gasteiger partial charge in [0.15, 0.2) is 0 Å². The zero-order valence-electron chi connectivity index (χ0n) is 10.2. The van der Waals surface area contributed by atoms with Crippen LogP contribution in [0.25, 0.3) is 0 Å². The van der Waals surface area contributed by atoms with E-state index in [1.807, 2.05) is 18.7 Å². The van der Waals surface area contributed by atoms with E-state index in [1.165, 1.54) is 6.42 Å². The highest BCUT2D eigenvalue weighted by molar-refractivity contribution is 5.80. The van der Waals surface area contributed by atoms with E-state index < -0.39 is 0 Å². The average molecular weight is 212 g/mol. The number of nitrogens with zero attached hydrogens (tertiary/aromatic N) is 1. The molecule has 0 spiro atoms. The fourth-order valence-corrected chi connectivity index (χ4v) is 2.63. The van der Waals surface area contributed by atoms with Crippen molar-refractivity contribution in [2.75, 3.05) is 13.1 Å². The fourth-order valence-electron chi connectivity index (χ4n) is 2.63. The molecule has 3 atom stereocenters. The van der Waals surface area contributed by atoms with Gasteiger partial charge in [0.25, 0.3) is 0 Å². The third kappa shape index (κ3) is 2.71. The Hall–Kier alpha value is -0.570. The van der Waals surface area contributed by atoms with Crippen molar-refractivity contribution in [1.29, 1.82) is 0 Å². The summed E-state index contributed by atoms with van der Waals surface area (Å²) in [5.74, 6) is 0.764. The molecule has 2 N–H and O–H groups in total. The van der Waals surface area contributed by atoms with Gasteiger partial charge in [0.05, 0.1) is 5.92 Å². The highest BCUT2D eigenvalue weighted by Gasteiger charge is 2.35. The minimum Gasteiger partial charge on any atom is -0.343 e. The molecule has 0 aliphatic heterocycles. The van der Waals surface area contributed by atoms with Gasteiger partial charge in [-0.15, -0.1) is 0 Å². The smallest absolute Gasteiger partial charge is 0.227 e. The summed E-state index contributed by atoms with van der Waals surface area (Å²) in [5, 5.41) is 0. The molecule has 1 fully saturated rings. The monoisotopic (exact) mass is 212 g/mol. The van der Waals surface area contributed by atoms with E-state index in [4.69, 9.17) is 5.73 Å². The molecule has 0 radical (unpaired) electrons. The molecule has 3 unspecified atom stereocenters. The normalized spacial score (nSPS) is 31.3. The first-order chi connectivity index (χ1) is 7.11. The molecular formula is C12H24N2O. The Morgan fingerprint density at radius 2 is 1.93 bits per heavy atom. The van der Waals surface area contributed by atoms with Crippen LogP contribution in [-0.4, -0.2) is 29.9 Å². The lowest BCUT2D eigenvalue weighted by atomic mass is 9.76. The van der Waals surface area contributed by atoms with Crippen LogP contribution in [0.3, 0.4) is 0 Å². The van der Waals surface area contributed by atoms with E-state index in [1.54, 1.807) is 0 Å². The molecule has 0 heterocycles. The van der Waals surface area contributed by atoms with Crippen molar-refractivity contribution in [1.82, 2.24) is 4.90 Å². The molecule has 1 amide bonds. The van der Waals surface area contributed by atoms with Crippen molar-refractivity contribution in [2.24, 2.45) is 17.6 Å². The molecular weight excluding hydrogens is 188 g/mol. The molecule has 1 rings (SSSR count). The van der Waals surface area contributed by atoms with Crippen LogP contribution >= 0.6 is 0 Å². The summed E-state index contributed by atoms with van der Waals surface area (Å²) in [5.41, 5.74) is 6.07. The first-order valence-corrected chi connectivity index (χ1v) is 6.16. The molecule has 1 aliphatic rings. The number of rotatable bonds is 3. The quantitative estimate of drug-likeness (QED) is 0.772. The van der Waals surface area contributed by atoms with Crippen LogP contribution in [0.4, 0.5) is 0 Å². The Morgan fingerprint density at radius 1 is 1.33 bits per heavy atom. The fraction of sp³-hybridized carbons (Fsp3) is 0.917. The molecule has 0 bridgehead atoms. The molecule has 1 aliphatic carbocycles. The third-order valence-electron chi connectivity index (χ3n) is 3.63. The predicted octanol–water partition coefficient (Wildman–Crippen LogP) is 1.62. The molecule has 3 heteroatoms. The molecule has 1 saturated carbocycles. The zero-order valence-corrected chi connectivity index (χ0v) is 10.2. The van der Waals surface area contributed by atoms with Crippen LogP contribution in [0.1, 0.15) is 40.0 Å². The van der Waals surface area contributed by atoms with Gasteiger partial charge < -0.3 is 10.6 Å². The Kier molecular flexibility index (Phi) is 4.58. The maximum Gasteiger partial charge on any atom is 0.227 e. The molecule has 0 aromatic rings. The van der Waals surface area contributed by atoms with Crippen LogP contribution in [0.5, 0.6) is 0 Å². The highest BCUT2D eigenvalue weighted by Crippen LogP contribution is 2.30. The molecule has 3 nitrogen and oxygen atoms in total. The average Bonchev–Trinajstić information content (AvgIpc) is 2.19. The van der Waals surface area contributed by atoms with Crippen molar-refractivity contribution >= 4 is 5.91 Å².